The second-order valence-electron chi connectivity index (χ2n) is 5.93. The minimum absolute atomic E-state index is 0.0590. The molecule has 1 fully saturated rings. The Labute approximate surface area is 114 Å². The lowest BCUT2D eigenvalue weighted by molar-refractivity contribution is -0.145. The number of alkyl carbamates (subject to hydrolysis) is 1. The Morgan fingerprint density at radius 3 is 2.58 bits per heavy atom. The van der Waals surface area contributed by atoms with Crippen molar-refractivity contribution in [3.05, 3.63) is 12.7 Å². The third-order valence-electron chi connectivity index (χ3n) is 3.15. The highest BCUT2D eigenvalue weighted by Gasteiger charge is 2.41. The van der Waals surface area contributed by atoms with E-state index in [-0.39, 0.29) is 6.10 Å². The zero-order valence-corrected chi connectivity index (χ0v) is 12.1. The van der Waals surface area contributed by atoms with Gasteiger partial charge in [0.2, 0.25) is 0 Å². The van der Waals surface area contributed by atoms with Crippen LogP contribution >= 0.6 is 0 Å². The molecule has 1 aliphatic rings. The van der Waals surface area contributed by atoms with Crippen molar-refractivity contribution in [2.45, 2.75) is 45.8 Å². The summed E-state index contributed by atoms with van der Waals surface area (Å²) in [7, 11) is 1.30. The first-order valence-electron chi connectivity index (χ1n) is 6.45. The minimum Gasteiger partial charge on any atom is -0.467 e. The molecule has 3 unspecified atom stereocenters. The van der Waals surface area contributed by atoms with Gasteiger partial charge in [-0.05, 0) is 18.3 Å². The fraction of sp³-hybridized carbons (Fsp3) is 0.714. The van der Waals surface area contributed by atoms with E-state index in [1.54, 1.807) is 0 Å². The number of allylic oxidation sites excluding steroid dienone is 1. The zero-order chi connectivity index (χ0) is 14.6. The molecule has 0 bridgehead atoms. The molecule has 0 radical (unpaired) electrons. The van der Waals surface area contributed by atoms with Gasteiger partial charge in [0, 0.05) is 5.92 Å². The third kappa shape index (κ3) is 4.58. The van der Waals surface area contributed by atoms with Crippen LogP contribution in [0.15, 0.2) is 12.7 Å². The topological polar surface area (TPSA) is 64.6 Å². The lowest BCUT2D eigenvalue weighted by Gasteiger charge is -2.28. The number of ether oxygens (including phenoxy) is 2. The maximum Gasteiger partial charge on any atom is 0.408 e. The van der Waals surface area contributed by atoms with Crippen LogP contribution < -0.4 is 5.32 Å². The van der Waals surface area contributed by atoms with E-state index in [2.05, 4.69) is 11.9 Å². The predicted molar refractivity (Wildman–Crippen MR) is 71.6 cm³/mol. The van der Waals surface area contributed by atoms with E-state index in [1.807, 2.05) is 26.8 Å². The van der Waals surface area contributed by atoms with E-state index in [9.17, 15) is 9.59 Å². The molecular weight excluding hydrogens is 246 g/mol. The summed E-state index contributed by atoms with van der Waals surface area (Å²) in [6, 6.07) is -0.721. The number of amides is 1. The van der Waals surface area contributed by atoms with Crippen molar-refractivity contribution in [3.8, 4) is 0 Å². The van der Waals surface area contributed by atoms with Crippen LogP contribution in [0.1, 0.15) is 33.6 Å². The molecule has 0 heterocycles. The summed E-state index contributed by atoms with van der Waals surface area (Å²) in [5.41, 5.74) is -0.434. The van der Waals surface area contributed by atoms with E-state index in [0.717, 1.165) is 12.8 Å². The molecule has 108 valence electrons. The number of carbonyl (C=O) groups is 2. The summed E-state index contributed by atoms with van der Waals surface area (Å²) in [6.45, 7) is 9.21. The molecule has 1 aliphatic carbocycles. The fourth-order valence-corrected chi connectivity index (χ4v) is 1.86. The fourth-order valence-electron chi connectivity index (χ4n) is 1.86. The molecule has 0 aromatic rings. The van der Waals surface area contributed by atoms with Gasteiger partial charge in [-0.1, -0.05) is 26.8 Å². The molecule has 5 heteroatoms. The second kappa shape index (κ2) is 6.08. The first-order chi connectivity index (χ1) is 8.79. The highest BCUT2D eigenvalue weighted by molar-refractivity contribution is 5.82. The summed E-state index contributed by atoms with van der Waals surface area (Å²) in [5, 5.41) is 2.58. The molecular formula is C14H23NO4. The Morgan fingerprint density at radius 1 is 1.47 bits per heavy atom. The van der Waals surface area contributed by atoms with Gasteiger partial charge in [0.1, 0.15) is 12.1 Å². The van der Waals surface area contributed by atoms with Crippen LogP contribution in [0.2, 0.25) is 0 Å². The molecule has 3 atom stereocenters. The second-order valence-corrected chi connectivity index (χ2v) is 5.93. The maximum atomic E-state index is 11.8. The van der Waals surface area contributed by atoms with Crippen molar-refractivity contribution in [3.63, 3.8) is 0 Å². The Bertz CT molecular complexity index is 359. The minimum atomic E-state index is -0.721. The van der Waals surface area contributed by atoms with E-state index in [0.29, 0.717) is 5.92 Å². The van der Waals surface area contributed by atoms with Crippen LogP contribution in [-0.2, 0) is 14.3 Å². The van der Waals surface area contributed by atoms with Crippen LogP contribution in [0.5, 0.6) is 0 Å². The van der Waals surface area contributed by atoms with Crippen LogP contribution in [0.25, 0.3) is 0 Å². The van der Waals surface area contributed by atoms with Gasteiger partial charge in [0.05, 0.1) is 7.11 Å². The van der Waals surface area contributed by atoms with Crippen molar-refractivity contribution in [2.75, 3.05) is 7.11 Å². The molecule has 5 nitrogen and oxygen atoms in total. The molecule has 0 saturated heterocycles. The number of rotatable bonds is 5. The van der Waals surface area contributed by atoms with Crippen LogP contribution in [0.3, 0.4) is 0 Å². The van der Waals surface area contributed by atoms with E-state index in [4.69, 9.17) is 9.47 Å². The third-order valence-corrected chi connectivity index (χ3v) is 3.15. The van der Waals surface area contributed by atoms with Gasteiger partial charge < -0.3 is 14.8 Å². The van der Waals surface area contributed by atoms with Crippen LogP contribution in [-0.4, -0.2) is 31.3 Å². The average molecular weight is 269 g/mol. The summed E-state index contributed by atoms with van der Waals surface area (Å²) in [5.74, 6) is -0.0997. The summed E-state index contributed by atoms with van der Waals surface area (Å²) in [6.07, 6.45) is 2.89. The Balaban J connectivity index is 2.49. The smallest absolute Gasteiger partial charge is 0.408 e. The zero-order valence-electron chi connectivity index (χ0n) is 12.1. The molecule has 1 amide bonds. The summed E-state index contributed by atoms with van der Waals surface area (Å²) >= 11 is 0. The SMILES string of the molecule is C=CCC1CC1OC(=O)NC(C(=O)OC)C(C)(C)C. The van der Waals surface area contributed by atoms with Gasteiger partial charge in [-0.3, -0.25) is 0 Å². The van der Waals surface area contributed by atoms with E-state index in [1.165, 1.54) is 7.11 Å². The molecule has 1 rings (SSSR count). The molecule has 0 spiro atoms. The normalized spacial score (nSPS) is 23.2. The van der Waals surface area contributed by atoms with Crippen molar-refractivity contribution in [1.29, 1.82) is 0 Å². The molecule has 1 N–H and O–H groups in total. The standard InChI is InChI=1S/C14H23NO4/c1-6-7-9-8-10(9)19-13(17)15-11(12(16)18-5)14(2,3)4/h6,9-11H,1,7-8H2,2-5H3,(H,15,17). The molecule has 0 aromatic heterocycles. The van der Waals surface area contributed by atoms with Crippen molar-refractivity contribution in [2.24, 2.45) is 11.3 Å². The lowest BCUT2D eigenvalue weighted by Crippen LogP contribution is -2.50. The Morgan fingerprint density at radius 2 is 2.11 bits per heavy atom. The number of nitrogens with one attached hydrogen (secondary N) is 1. The number of methoxy groups -OCH3 is 1. The van der Waals surface area contributed by atoms with Crippen molar-refractivity contribution in [1.82, 2.24) is 5.32 Å². The van der Waals surface area contributed by atoms with Crippen molar-refractivity contribution < 1.29 is 19.1 Å². The predicted octanol–water partition coefficient (Wildman–Crippen LogP) is 2.26. The van der Waals surface area contributed by atoms with Gasteiger partial charge in [-0.25, -0.2) is 9.59 Å². The monoisotopic (exact) mass is 269 g/mol. The van der Waals surface area contributed by atoms with Gasteiger partial charge in [-0.2, -0.15) is 0 Å². The first-order valence-corrected chi connectivity index (χ1v) is 6.45. The highest BCUT2D eigenvalue weighted by atomic mass is 16.6. The van der Waals surface area contributed by atoms with Gasteiger partial charge in [0.15, 0.2) is 0 Å². The quantitative estimate of drug-likeness (QED) is 0.614. The average Bonchev–Trinajstić information content (AvgIpc) is 3.02. The number of esters is 1. The Hall–Kier alpha value is -1.52. The van der Waals surface area contributed by atoms with E-state index >= 15 is 0 Å². The van der Waals surface area contributed by atoms with Gasteiger partial charge >= 0.3 is 12.1 Å². The largest absolute Gasteiger partial charge is 0.467 e. The van der Waals surface area contributed by atoms with Gasteiger partial charge in [-0.15, -0.1) is 6.58 Å². The molecule has 19 heavy (non-hydrogen) atoms. The highest BCUT2D eigenvalue weighted by Crippen LogP contribution is 2.37. The molecule has 0 aromatic carbocycles. The number of hydrogen-bond donors (Lipinski definition) is 1. The summed E-state index contributed by atoms with van der Waals surface area (Å²) < 4.78 is 9.94. The molecule has 1 saturated carbocycles. The van der Waals surface area contributed by atoms with Gasteiger partial charge in [0.25, 0.3) is 0 Å². The van der Waals surface area contributed by atoms with Crippen LogP contribution in [0, 0.1) is 11.3 Å². The molecule has 0 aliphatic heterocycles. The maximum absolute atomic E-state index is 11.8. The number of carbonyl (C=O) groups excluding carboxylic acids is 2. The van der Waals surface area contributed by atoms with Crippen molar-refractivity contribution >= 4 is 12.1 Å². The lowest BCUT2D eigenvalue weighted by atomic mass is 9.87. The number of hydrogen-bond acceptors (Lipinski definition) is 4. The first kappa shape index (κ1) is 15.5. The summed E-state index contributed by atoms with van der Waals surface area (Å²) in [4.78, 5) is 23.4. The van der Waals surface area contributed by atoms with E-state index < -0.39 is 23.5 Å². The Kier molecular flexibility index (Phi) is 4.97. The van der Waals surface area contributed by atoms with Crippen LogP contribution in [0.4, 0.5) is 4.79 Å².